The lowest BCUT2D eigenvalue weighted by Crippen LogP contribution is -2.36. The number of nitriles is 1. The molecular formula is C12H17N5. The summed E-state index contributed by atoms with van der Waals surface area (Å²) in [5.74, 6) is 0.741. The van der Waals surface area contributed by atoms with E-state index in [2.05, 4.69) is 22.2 Å². The first-order chi connectivity index (χ1) is 8.19. The van der Waals surface area contributed by atoms with Crippen molar-refractivity contribution >= 4 is 11.5 Å². The van der Waals surface area contributed by atoms with Gasteiger partial charge in [-0.2, -0.15) is 5.26 Å². The molecule has 0 bridgehead atoms. The molecule has 90 valence electrons. The Hall–Kier alpha value is -1.80. The topological polar surface area (TPSA) is 78.0 Å². The van der Waals surface area contributed by atoms with Crippen LogP contribution in [-0.4, -0.2) is 36.1 Å². The predicted octanol–water partition coefficient (Wildman–Crippen LogP) is 1.04. The summed E-state index contributed by atoms with van der Waals surface area (Å²) in [6.07, 6.45) is 2.20. The molecule has 1 aliphatic rings. The molecule has 1 aliphatic heterocycles. The van der Waals surface area contributed by atoms with Crippen LogP contribution in [0.4, 0.5) is 11.5 Å². The van der Waals surface area contributed by atoms with Crippen LogP contribution in [0, 0.1) is 11.3 Å². The molecule has 2 heterocycles. The summed E-state index contributed by atoms with van der Waals surface area (Å²) in [5, 5.41) is 12.2. The maximum atomic E-state index is 8.86. The van der Waals surface area contributed by atoms with Gasteiger partial charge in [-0.3, -0.25) is 0 Å². The smallest absolute Gasteiger partial charge is 0.165 e. The maximum Gasteiger partial charge on any atom is 0.165 e. The van der Waals surface area contributed by atoms with Crippen molar-refractivity contribution < 1.29 is 0 Å². The van der Waals surface area contributed by atoms with Crippen molar-refractivity contribution in [2.24, 2.45) is 0 Å². The van der Waals surface area contributed by atoms with Gasteiger partial charge in [-0.1, -0.05) is 0 Å². The molecule has 17 heavy (non-hydrogen) atoms. The van der Waals surface area contributed by atoms with Crippen LogP contribution < -0.4 is 11.1 Å². The highest BCUT2D eigenvalue weighted by Gasteiger charge is 2.16. The van der Waals surface area contributed by atoms with E-state index in [-0.39, 0.29) is 0 Å². The van der Waals surface area contributed by atoms with E-state index >= 15 is 0 Å². The molecule has 5 nitrogen and oxygen atoms in total. The Labute approximate surface area is 101 Å². The number of nitrogens with zero attached hydrogens (tertiary/aromatic N) is 3. The fraction of sp³-hybridized carbons (Fsp3) is 0.500. The second-order valence-corrected chi connectivity index (χ2v) is 4.47. The van der Waals surface area contributed by atoms with Crippen LogP contribution in [0.25, 0.3) is 0 Å². The molecule has 0 spiro atoms. The number of nitrogens with one attached hydrogen (secondary N) is 1. The average Bonchev–Trinajstić information content (AvgIpc) is 2.34. The molecule has 1 fully saturated rings. The standard InChI is InChI=1S/C12H17N5/c1-17-6-4-9(5-7-17)15-12-3-2-10(14)11(8-13)16-12/h2-3,9H,4-7,14H2,1H3,(H,15,16). The Kier molecular flexibility index (Phi) is 3.45. The van der Waals surface area contributed by atoms with Crippen LogP contribution in [0.15, 0.2) is 12.1 Å². The Bertz CT molecular complexity index is 429. The molecule has 0 radical (unpaired) electrons. The quantitative estimate of drug-likeness (QED) is 0.795. The second kappa shape index (κ2) is 5.02. The fourth-order valence-electron chi connectivity index (χ4n) is 2.00. The van der Waals surface area contributed by atoms with Gasteiger partial charge < -0.3 is 16.0 Å². The number of aromatic nitrogens is 1. The summed E-state index contributed by atoms with van der Waals surface area (Å²) >= 11 is 0. The SMILES string of the molecule is CN1CCC(Nc2ccc(N)c(C#N)n2)CC1. The highest BCUT2D eigenvalue weighted by molar-refractivity contribution is 5.54. The molecule has 1 saturated heterocycles. The molecule has 0 aromatic carbocycles. The number of nitrogen functional groups attached to an aromatic ring is 1. The van der Waals surface area contributed by atoms with Gasteiger partial charge in [0.15, 0.2) is 5.69 Å². The van der Waals surface area contributed by atoms with E-state index in [1.54, 1.807) is 6.07 Å². The Balaban J connectivity index is 2.02. The van der Waals surface area contributed by atoms with Gasteiger partial charge in [0, 0.05) is 6.04 Å². The number of rotatable bonds is 2. The van der Waals surface area contributed by atoms with Crippen molar-refractivity contribution in [3.63, 3.8) is 0 Å². The third kappa shape index (κ3) is 2.86. The van der Waals surface area contributed by atoms with Crippen molar-refractivity contribution in [1.29, 1.82) is 5.26 Å². The third-order valence-electron chi connectivity index (χ3n) is 3.10. The second-order valence-electron chi connectivity index (χ2n) is 4.47. The number of likely N-dealkylation sites (tertiary alicyclic amines) is 1. The number of anilines is 2. The van der Waals surface area contributed by atoms with Crippen molar-refractivity contribution in [3.8, 4) is 6.07 Å². The summed E-state index contributed by atoms with van der Waals surface area (Å²) in [6.45, 7) is 2.19. The Morgan fingerprint density at radius 3 is 2.82 bits per heavy atom. The van der Waals surface area contributed by atoms with Crippen molar-refractivity contribution in [2.45, 2.75) is 18.9 Å². The van der Waals surface area contributed by atoms with Gasteiger partial charge in [-0.05, 0) is 45.1 Å². The van der Waals surface area contributed by atoms with Crippen molar-refractivity contribution in [1.82, 2.24) is 9.88 Å². The monoisotopic (exact) mass is 231 g/mol. The first-order valence-electron chi connectivity index (χ1n) is 5.81. The fourth-order valence-corrected chi connectivity index (χ4v) is 2.00. The lowest BCUT2D eigenvalue weighted by atomic mass is 10.1. The number of pyridine rings is 1. The van der Waals surface area contributed by atoms with Gasteiger partial charge in [0.25, 0.3) is 0 Å². The van der Waals surface area contributed by atoms with Gasteiger partial charge in [-0.15, -0.1) is 0 Å². The maximum absolute atomic E-state index is 8.86. The van der Waals surface area contributed by atoms with Crippen LogP contribution in [0.3, 0.4) is 0 Å². The molecule has 2 rings (SSSR count). The Morgan fingerprint density at radius 2 is 2.18 bits per heavy atom. The lowest BCUT2D eigenvalue weighted by Gasteiger charge is -2.29. The van der Waals surface area contributed by atoms with E-state index < -0.39 is 0 Å². The number of piperidine rings is 1. The van der Waals surface area contributed by atoms with Crippen LogP contribution in [0.5, 0.6) is 0 Å². The van der Waals surface area contributed by atoms with Crippen LogP contribution in [0.1, 0.15) is 18.5 Å². The van der Waals surface area contributed by atoms with E-state index in [1.807, 2.05) is 12.1 Å². The summed E-state index contributed by atoms with van der Waals surface area (Å²) in [4.78, 5) is 6.51. The first kappa shape index (κ1) is 11.7. The summed E-state index contributed by atoms with van der Waals surface area (Å²) in [6, 6.07) is 5.99. The molecule has 0 saturated carbocycles. The van der Waals surface area contributed by atoms with E-state index in [0.29, 0.717) is 17.4 Å². The minimum Gasteiger partial charge on any atom is -0.396 e. The van der Waals surface area contributed by atoms with E-state index in [9.17, 15) is 0 Å². The molecule has 1 aromatic heterocycles. The lowest BCUT2D eigenvalue weighted by molar-refractivity contribution is 0.263. The molecular weight excluding hydrogens is 214 g/mol. The van der Waals surface area contributed by atoms with Crippen LogP contribution in [0.2, 0.25) is 0 Å². The Morgan fingerprint density at radius 1 is 1.47 bits per heavy atom. The molecule has 3 N–H and O–H groups in total. The normalized spacial score (nSPS) is 17.6. The van der Waals surface area contributed by atoms with Gasteiger partial charge in [0.1, 0.15) is 11.9 Å². The molecule has 0 amide bonds. The first-order valence-corrected chi connectivity index (χ1v) is 5.81. The van der Waals surface area contributed by atoms with Crippen molar-refractivity contribution in [3.05, 3.63) is 17.8 Å². The highest BCUT2D eigenvalue weighted by Crippen LogP contribution is 2.16. The van der Waals surface area contributed by atoms with E-state index in [0.717, 1.165) is 31.7 Å². The molecule has 0 atom stereocenters. The molecule has 0 unspecified atom stereocenters. The summed E-state index contributed by atoms with van der Waals surface area (Å²) in [5.41, 5.74) is 6.36. The number of nitrogens with two attached hydrogens (primary N) is 1. The zero-order valence-electron chi connectivity index (χ0n) is 9.98. The van der Waals surface area contributed by atoms with Crippen molar-refractivity contribution in [2.75, 3.05) is 31.2 Å². The predicted molar refractivity (Wildman–Crippen MR) is 67.5 cm³/mol. The molecule has 1 aromatic rings. The van der Waals surface area contributed by atoms with Gasteiger partial charge in [0.05, 0.1) is 5.69 Å². The third-order valence-corrected chi connectivity index (χ3v) is 3.10. The minimum absolute atomic E-state index is 0.294. The number of hydrogen-bond acceptors (Lipinski definition) is 5. The van der Waals surface area contributed by atoms with E-state index in [1.165, 1.54) is 0 Å². The molecule has 0 aliphatic carbocycles. The van der Waals surface area contributed by atoms with E-state index in [4.69, 9.17) is 11.0 Å². The van der Waals surface area contributed by atoms with Gasteiger partial charge >= 0.3 is 0 Å². The summed E-state index contributed by atoms with van der Waals surface area (Å²) < 4.78 is 0. The number of hydrogen-bond donors (Lipinski definition) is 2. The average molecular weight is 231 g/mol. The molecule has 5 heteroatoms. The van der Waals surface area contributed by atoms with Crippen LogP contribution in [-0.2, 0) is 0 Å². The van der Waals surface area contributed by atoms with Crippen LogP contribution >= 0.6 is 0 Å². The zero-order valence-corrected chi connectivity index (χ0v) is 9.98. The minimum atomic E-state index is 0.294. The highest BCUT2D eigenvalue weighted by atomic mass is 15.1. The summed E-state index contributed by atoms with van der Waals surface area (Å²) in [7, 11) is 2.13. The van der Waals surface area contributed by atoms with Gasteiger partial charge in [0.2, 0.25) is 0 Å². The largest absolute Gasteiger partial charge is 0.396 e. The zero-order chi connectivity index (χ0) is 12.3. The van der Waals surface area contributed by atoms with Gasteiger partial charge in [-0.25, -0.2) is 4.98 Å².